The highest BCUT2D eigenvalue weighted by atomic mass is 35.5. The van der Waals surface area contributed by atoms with Crippen molar-refractivity contribution in [1.82, 2.24) is 0 Å². The van der Waals surface area contributed by atoms with E-state index in [1.165, 1.54) is 0 Å². The largest absolute Gasteiger partial charge is 0.103 e. The van der Waals surface area contributed by atoms with Crippen molar-refractivity contribution in [2.24, 2.45) is 0 Å². The van der Waals surface area contributed by atoms with Crippen LogP contribution >= 0.6 is 23.2 Å². The Labute approximate surface area is 102 Å². The molecule has 0 fully saturated rings. The van der Waals surface area contributed by atoms with Gasteiger partial charge in [-0.15, -0.1) is 11.8 Å². The number of rotatable bonds is 3. The molecule has 0 unspecified atom stereocenters. The molecule has 0 N–H and O–H groups in total. The Hall–Kier alpha value is -0.640. The summed E-state index contributed by atoms with van der Waals surface area (Å²) in [5, 5.41) is 1.47. The van der Waals surface area contributed by atoms with Crippen LogP contribution in [0.4, 0.5) is 0 Å². The van der Waals surface area contributed by atoms with Crippen molar-refractivity contribution in [2.45, 2.75) is 32.6 Å². The van der Waals surface area contributed by atoms with Gasteiger partial charge in [-0.3, -0.25) is 0 Å². The highest BCUT2D eigenvalue weighted by molar-refractivity contribution is 6.35. The maximum atomic E-state index is 6.04. The van der Waals surface area contributed by atoms with Crippen molar-refractivity contribution in [2.75, 3.05) is 0 Å². The quantitative estimate of drug-likeness (QED) is 0.671. The maximum Gasteiger partial charge on any atom is 0.0453 e. The van der Waals surface area contributed by atoms with Gasteiger partial charge in [-0.05, 0) is 30.5 Å². The van der Waals surface area contributed by atoms with Crippen LogP contribution in [0.1, 0.15) is 31.7 Å². The molecule has 0 bridgehead atoms. The molecule has 0 nitrogen and oxygen atoms in total. The standard InChI is InChI=1S/C13H14Cl2/c1-2-3-4-5-6-8-11-12(14)9-7-10-13(11)15/h7,9-10H,2-3,6,8H2,1H3. The van der Waals surface area contributed by atoms with Crippen LogP contribution in [0.15, 0.2) is 18.2 Å². The van der Waals surface area contributed by atoms with Gasteiger partial charge in [-0.1, -0.05) is 36.2 Å². The van der Waals surface area contributed by atoms with E-state index in [1.54, 1.807) is 0 Å². The lowest BCUT2D eigenvalue weighted by atomic mass is 10.1. The van der Waals surface area contributed by atoms with E-state index >= 15 is 0 Å². The summed E-state index contributed by atoms with van der Waals surface area (Å²) in [7, 11) is 0. The van der Waals surface area contributed by atoms with Gasteiger partial charge >= 0.3 is 0 Å². The SMILES string of the molecule is CCCC#CCCc1c(Cl)cccc1Cl. The third-order valence-corrected chi connectivity index (χ3v) is 2.77. The Balaban J connectivity index is 2.55. The first-order valence-electron chi connectivity index (χ1n) is 5.14. The van der Waals surface area contributed by atoms with E-state index in [0.717, 1.165) is 41.3 Å². The van der Waals surface area contributed by atoms with Crippen LogP contribution in [0.2, 0.25) is 10.0 Å². The Morgan fingerprint density at radius 2 is 1.67 bits per heavy atom. The predicted molar refractivity (Wildman–Crippen MR) is 67.5 cm³/mol. The maximum absolute atomic E-state index is 6.04. The van der Waals surface area contributed by atoms with Gasteiger partial charge in [0.05, 0.1) is 0 Å². The lowest BCUT2D eigenvalue weighted by molar-refractivity contribution is 0.974. The number of hydrogen-bond acceptors (Lipinski definition) is 0. The minimum absolute atomic E-state index is 0.736. The number of halogens is 2. The molecule has 2 heteroatoms. The van der Waals surface area contributed by atoms with Crippen LogP contribution < -0.4 is 0 Å². The Kier molecular flexibility index (Phi) is 5.61. The first kappa shape index (κ1) is 12.4. The molecule has 0 saturated heterocycles. The summed E-state index contributed by atoms with van der Waals surface area (Å²) in [5.74, 6) is 6.23. The molecule has 0 aliphatic carbocycles. The first-order chi connectivity index (χ1) is 7.25. The average molecular weight is 241 g/mol. The van der Waals surface area contributed by atoms with E-state index in [2.05, 4.69) is 18.8 Å². The van der Waals surface area contributed by atoms with E-state index in [4.69, 9.17) is 23.2 Å². The molecular formula is C13H14Cl2. The lowest BCUT2D eigenvalue weighted by Gasteiger charge is -2.03. The molecule has 0 aromatic heterocycles. The highest BCUT2D eigenvalue weighted by Gasteiger charge is 2.03. The number of unbranched alkanes of at least 4 members (excludes halogenated alkanes) is 1. The van der Waals surface area contributed by atoms with Crippen molar-refractivity contribution >= 4 is 23.2 Å². The van der Waals surface area contributed by atoms with Gasteiger partial charge in [0.15, 0.2) is 0 Å². The van der Waals surface area contributed by atoms with Crippen LogP contribution in [-0.2, 0) is 6.42 Å². The molecule has 1 rings (SSSR count). The zero-order valence-corrected chi connectivity index (χ0v) is 10.3. The molecular weight excluding hydrogens is 227 g/mol. The number of hydrogen-bond donors (Lipinski definition) is 0. The van der Waals surface area contributed by atoms with E-state index in [0.29, 0.717) is 0 Å². The fourth-order valence-electron chi connectivity index (χ4n) is 1.26. The van der Waals surface area contributed by atoms with Crippen LogP contribution in [0.25, 0.3) is 0 Å². The predicted octanol–water partition coefficient (Wildman–Crippen LogP) is 4.73. The zero-order valence-electron chi connectivity index (χ0n) is 8.82. The Morgan fingerprint density at radius 3 is 2.27 bits per heavy atom. The van der Waals surface area contributed by atoms with Gasteiger partial charge in [0.25, 0.3) is 0 Å². The fourth-order valence-corrected chi connectivity index (χ4v) is 1.85. The summed E-state index contributed by atoms with van der Waals surface area (Å²) in [6, 6.07) is 5.58. The zero-order chi connectivity index (χ0) is 11.1. The minimum atomic E-state index is 0.736. The summed E-state index contributed by atoms with van der Waals surface area (Å²) < 4.78 is 0. The second kappa shape index (κ2) is 6.77. The van der Waals surface area contributed by atoms with Gasteiger partial charge in [0.1, 0.15) is 0 Å². The molecule has 1 aromatic carbocycles. The molecule has 0 atom stereocenters. The number of benzene rings is 1. The van der Waals surface area contributed by atoms with Crippen LogP contribution in [-0.4, -0.2) is 0 Å². The summed E-state index contributed by atoms with van der Waals surface area (Å²) in [4.78, 5) is 0. The molecule has 1 aromatic rings. The van der Waals surface area contributed by atoms with Crippen molar-refractivity contribution in [3.63, 3.8) is 0 Å². The van der Waals surface area contributed by atoms with E-state index in [9.17, 15) is 0 Å². The topological polar surface area (TPSA) is 0 Å². The Bertz CT molecular complexity index is 352. The highest BCUT2D eigenvalue weighted by Crippen LogP contribution is 2.25. The molecule has 0 heterocycles. The molecule has 0 spiro atoms. The van der Waals surface area contributed by atoms with Crippen LogP contribution in [0, 0.1) is 11.8 Å². The third-order valence-electron chi connectivity index (χ3n) is 2.06. The molecule has 80 valence electrons. The van der Waals surface area contributed by atoms with Crippen molar-refractivity contribution in [3.05, 3.63) is 33.8 Å². The third kappa shape index (κ3) is 4.16. The Morgan fingerprint density at radius 1 is 1.07 bits per heavy atom. The van der Waals surface area contributed by atoms with Gasteiger partial charge in [-0.2, -0.15) is 0 Å². The monoisotopic (exact) mass is 240 g/mol. The minimum Gasteiger partial charge on any atom is -0.103 e. The normalized spacial score (nSPS) is 9.53. The average Bonchev–Trinajstić information content (AvgIpc) is 2.21. The van der Waals surface area contributed by atoms with Gasteiger partial charge in [0.2, 0.25) is 0 Å². The van der Waals surface area contributed by atoms with Gasteiger partial charge < -0.3 is 0 Å². The second-order valence-electron chi connectivity index (χ2n) is 3.30. The van der Waals surface area contributed by atoms with E-state index in [-0.39, 0.29) is 0 Å². The molecule has 0 radical (unpaired) electrons. The van der Waals surface area contributed by atoms with Crippen LogP contribution in [0.3, 0.4) is 0 Å². The summed E-state index contributed by atoms with van der Waals surface area (Å²) in [6.45, 7) is 2.12. The summed E-state index contributed by atoms with van der Waals surface area (Å²) in [6.07, 6.45) is 3.73. The van der Waals surface area contributed by atoms with E-state index in [1.807, 2.05) is 18.2 Å². The second-order valence-corrected chi connectivity index (χ2v) is 4.12. The molecule has 0 aliphatic rings. The smallest absolute Gasteiger partial charge is 0.0453 e. The molecule has 0 aliphatic heterocycles. The van der Waals surface area contributed by atoms with Crippen molar-refractivity contribution in [3.8, 4) is 11.8 Å². The van der Waals surface area contributed by atoms with Crippen LogP contribution in [0.5, 0.6) is 0 Å². The lowest BCUT2D eigenvalue weighted by Crippen LogP contribution is -1.87. The van der Waals surface area contributed by atoms with Gasteiger partial charge in [0, 0.05) is 22.9 Å². The van der Waals surface area contributed by atoms with Crippen molar-refractivity contribution < 1.29 is 0 Å². The van der Waals surface area contributed by atoms with E-state index < -0.39 is 0 Å². The summed E-state index contributed by atoms with van der Waals surface area (Å²) >= 11 is 12.1. The molecule has 0 saturated carbocycles. The molecule has 0 amide bonds. The van der Waals surface area contributed by atoms with Crippen molar-refractivity contribution in [1.29, 1.82) is 0 Å². The summed E-state index contributed by atoms with van der Waals surface area (Å²) in [5.41, 5.74) is 1.01. The molecule has 15 heavy (non-hydrogen) atoms. The van der Waals surface area contributed by atoms with Gasteiger partial charge in [-0.25, -0.2) is 0 Å². The first-order valence-corrected chi connectivity index (χ1v) is 5.90. The fraction of sp³-hybridized carbons (Fsp3) is 0.385.